The number of carbonyl (C=O) groups is 1. The maximum atomic E-state index is 10.7. The van der Waals surface area contributed by atoms with Gasteiger partial charge in [0.2, 0.25) is 6.79 Å². The summed E-state index contributed by atoms with van der Waals surface area (Å²) in [6, 6.07) is 12.2. The minimum absolute atomic E-state index is 0.0583. The molecule has 102 valence electrons. The molecule has 0 aliphatic rings. The van der Waals surface area contributed by atoms with Crippen molar-refractivity contribution >= 4 is 53.4 Å². The number of esters is 1. The van der Waals surface area contributed by atoms with Crippen molar-refractivity contribution in [2.24, 2.45) is 0 Å². The Hall–Kier alpha value is -1.59. The predicted octanol–water partition coefficient (Wildman–Crippen LogP) is 4.72. The monoisotopic (exact) mass is 350 g/mol. The van der Waals surface area contributed by atoms with Gasteiger partial charge in [0.05, 0.1) is 0 Å². The fourth-order valence-corrected chi connectivity index (χ4v) is 3.69. The molecule has 20 heavy (non-hydrogen) atoms. The van der Waals surface area contributed by atoms with E-state index in [1.807, 2.05) is 24.3 Å². The second-order valence-corrected chi connectivity index (χ2v) is 6.30. The van der Waals surface area contributed by atoms with Crippen LogP contribution in [0.15, 0.2) is 40.9 Å². The van der Waals surface area contributed by atoms with Crippen molar-refractivity contribution in [3.8, 4) is 5.75 Å². The molecular formula is C15H11BrO3S. The van der Waals surface area contributed by atoms with Gasteiger partial charge in [-0.15, -0.1) is 11.3 Å². The van der Waals surface area contributed by atoms with E-state index in [1.165, 1.54) is 22.4 Å². The minimum atomic E-state index is -0.349. The van der Waals surface area contributed by atoms with Gasteiger partial charge in [0, 0.05) is 31.6 Å². The van der Waals surface area contributed by atoms with E-state index in [9.17, 15) is 4.79 Å². The topological polar surface area (TPSA) is 35.5 Å². The molecule has 0 bridgehead atoms. The molecule has 0 N–H and O–H groups in total. The molecule has 0 saturated heterocycles. The van der Waals surface area contributed by atoms with Crippen LogP contribution in [0.2, 0.25) is 0 Å². The van der Waals surface area contributed by atoms with E-state index in [0.717, 1.165) is 9.17 Å². The molecule has 0 spiro atoms. The van der Waals surface area contributed by atoms with Gasteiger partial charge >= 0.3 is 5.97 Å². The molecule has 0 fully saturated rings. The molecule has 0 aliphatic carbocycles. The quantitative estimate of drug-likeness (QED) is 0.506. The Morgan fingerprint density at radius 3 is 2.60 bits per heavy atom. The molecule has 0 radical (unpaired) electrons. The average molecular weight is 351 g/mol. The summed E-state index contributed by atoms with van der Waals surface area (Å²) in [7, 11) is 0. The second kappa shape index (κ2) is 5.42. The van der Waals surface area contributed by atoms with Crippen LogP contribution in [0.25, 0.3) is 20.2 Å². The van der Waals surface area contributed by atoms with E-state index in [-0.39, 0.29) is 12.8 Å². The zero-order valence-electron chi connectivity index (χ0n) is 10.7. The highest BCUT2D eigenvalue weighted by Crippen LogP contribution is 2.37. The number of fused-ring (bicyclic) bond motifs is 3. The summed E-state index contributed by atoms with van der Waals surface area (Å²) in [5, 5.41) is 2.44. The number of hydrogen-bond donors (Lipinski definition) is 0. The molecule has 0 atom stereocenters. The van der Waals surface area contributed by atoms with Crippen LogP contribution in [0.5, 0.6) is 5.75 Å². The first-order chi connectivity index (χ1) is 9.63. The van der Waals surface area contributed by atoms with E-state index >= 15 is 0 Å². The summed E-state index contributed by atoms with van der Waals surface area (Å²) in [6.07, 6.45) is 0. The molecule has 5 heteroatoms. The van der Waals surface area contributed by atoms with Crippen molar-refractivity contribution in [2.45, 2.75) is 6.92 Å². The van der Waals surface area contributed by atoms with Crippen LogP contribution in [-0.2, 0) is 9.53 Å². The Kier molecular flexibility index (Phi) is 3.63. The van der Waals surface area contributed by atoms with Crippen LogP contribution in [0.3, 0.4) is 0 Å². The van der Waals surface area contributed by atoms with Crippen LogP contribution in [-0.4, -0.2) is 12.8 Å². The maximum Gasteiger partial charge on any atom is 0.305 e. The third kappa shape index (κ3) is 2.64. The Morgan fingerprint density at radius 1 is 1.15 bits per heavy atom. The highest BCUT2D eigenvalue weighted by molar-refractivity contribution is 9.10. The van der Waals surface area contributed by atoms with Crippen LogP contribution in [0.4, 0.5) is 0 Å². The number of halogens is 1. The first-order valence-corrected chi connectivity index (χ1v) is 7.62. The molecule has 1 aromatic heterocycles. The highest BCUT2D eigenvalue weighted by Gasteiger charge is 2.07. The third-order valence-corrected chi connectivity index (χ3v) is 4.50. The van der Waals surface area contributed by atoms with Gasteiger partial charge < -0.3 is 9.47 Å². The van der Waals surface area contributed by atoms with Crippen molar-refractivity contribution in [1.29, 1.82) is 0 Å². The van der Waals surface area contributed by atoms with Crippen LogP contribution in [0.1, 0.15) is 6.92 Å². The van der Waals surface area contributed by atoms with E-state index < -0.39 is 0 Å². The van der Waals surface area contributed by atoms with Gasteiger partial charge in [-0.2, -0.15) is 0 Å². The van der Waals surface area contributed by atoms with Crippen LogP contribution in [0, 0.1) is 0 Å². The number of carbonyl (C=O) groups excluding carboxylic acids is 1. The Morgan fingerprint density at radius 2 is 1.85 bits per heavy atom. The van der Waals surface area contributed by atoms with Crippen molar-refractivity contribution in [1.82, 2.24) is 0 Å². The highest BCUT2D eigenvalue weighted by atomic mass is 79.9. The summed E-state index contributed by atoms with van der Waals surface area (Å²) in [4.78, 5) is 10.7. The summed E-state index contributed by atoms with van der Waals surface area (Å²) >= 11 is 5.20. The molecule has 0 amide bonds. The number of benzene rings is 2. The average Bonchev–Trinajstić information content (AvgIpc) is 2.74. The van der Waals surface area contributed by atoms with E-state index in [1.54, 1.807) is 11.3 Å². The summed E-state index contributed by atoms with van der Waals surface area (Å²) in [5.74, 6) is 0.349. The fourth-order valence-electron chi connectivity index (χ4n) is 2.00. The van der Waals surface area contributed by atoms with E-state index in [0.29, 0.717) is 5.75 Å². The molecule has 3 aromatic rings. The van der Waals surface area contributed by atoms with Gasteiger partial charge in [-0.05, 0) is 30.3 Å². The smallest absolute Gasteiger partial charge is 0.305 e. The zero-order chi connectivity index (χ0) is 14.1. The largest absolute Gasteiger partial charge is 0.457 e. The summed E-state index contributed by atoms with van der Waals surface area (Å²) in [5.41, 5.74) is 0. The van der Waals surface area contributed by atoms with Gasteiger partial charge in [-0.25, -0.2) is 0 Å². The molecule has 1 heterocycles. The molecule has 2 aromatic carbocycles. The standard InChI is InChI=1S/C15H11BrO3S/c1-9(17)18-8-19-11-3-5-13-12-4-2-10(16)6-14(12)20-15(13)7-11/h2-7H,8H2,1H3. The van der Waals surface area contributed by atoms with Crippen molar-refractivity contribution < 1.29 is 14.3 Å². The van der Waals surface area contributed by atoms with Crippen molar-refractivity contribution in [2.75, 3.05) is 6.79 Å². The Bertz CT molecular complexity index is 794. The molecule has 0 aliphatic heterocycles. The van der Waals surface area contributed by atoms with Gasteiger partial charge in [0.1, 0.15) is 5.75 Å². The lowest BCUT2D eigenvalue weighted by atomic mass is 10.1. The lowest BCUT2D eigenvalue weighted by Gasteiger charge is -2.05. The van der Waals surface area contributed by atoms with Gasteiger partial charge in [0.25, 0.3) is 0 Å². The molecule has 0 unspecified atom stereocenters. The fraction of sp³-hybridized carbons (Fsp3) is 0.133. The number of rotatable bonds is 3. The van der Waals surface area contributed by atoms with Crippen LogP contribution >= 0.6 is 27.3 Å². The Balaban J connectivity index is 1.94. The third-order valence-electron chi connectivity index (χ3n) is 2.89. The van der Waals surface area contributed by atoms with Crippen LogP contribution < -0.4 is 4.74 Å². The normalized spacial score (nSPS) is 10.9. The first-order valence-electron chi connectivity index (χ1n) is 6.01. The lowest BCUT2D eigenvalue weighted by Crippen LogP contribution is -2.06. The predicted molar refractivity (Wildman–Crippen MR) is 84.3 cm³/mol. The molecular weight excluding hydrogens is 340 g/mol. The number of hydrogen-bond acceptors (Lipinski definition) is 4. The van der Waals surface area contributed by atoms with Gasteiger partial charge in [0.15, 0.2) is 0 Å². The first kappa shape index (κ1) is 13.4. The zero-order valence-corrected chi connectivity index (χ0v) is 13.1. The SMILES string of the molecule is CC(=O)OCOc1ccc2c(c1)sc1cc(Br)ccc12. The van der Waals surface area contributed by atoms with E-state index in [4.69, 9.17) is 9.47 Å². The summed E-state index contributed by atoms with van der Waals surface area (Å²) in [6.45, 7) is 1.30. The second-order valence-electron chi connectivity index (χ2n) is 4.30. The lowest BCUT2D eigenvalue weighted by molar-refractivity contribution is -0.147. The van der Waals surface area contributed by atoms with Crippen molar-refractivity contribution in [3.05, 3.63) is 40.9 Å². The molecule has 3 rings (SSSR count). The number of ether oxygens (including phenoxy) is 2. The Labute approximate surface area is 128 Å². The molecule has 0 saturated carbocycles. The maximum absolute atomic E-state index is 10.7. The van der Waals surface area contributed by atoms with Gasteiger partial charge in [-0.1, -0.05) is 22.0 Å². The number of thiophene rings is 1. The van der Waals surface area contributed by atoms with Crippen molar-refractivity contribution in [3.63, 3.8) is 0 Å². The van der Waals surface area contributed by atoms with Gasteiger partial charge in [-0.3, -0.25) is 4.79 Å². The summed E-state index contributed by atoms with van der Waals surface area (Å²) < 4.78 is 13.6. The van der Waals surface area contributed by atoms with E-state index in [2.05, 4.69) is 28.1 Å². The molecule has 3 nitrogen and oxygen atoms in total. The minimum Gasteiger partial charge on any atom is -0.457 e.